The van der Waals surface area contributed by atoms with Crippen molar-refractivity contribution in [3.8, 4) is 24.7 Å². The van der Waals surface area contributed by atoms with Gasteiger partial charge in [0.25, 0.3) is 11.8 Å². The van der Waals surface area contributed by atoms with E-state index >= 15 is 0 Å². The topological polar surface area (TPSA) is 181 Å². The van der Waals surface area contributed by atoms with Gasteiger partial charge in [0, 0.05) is 73.7 Å². The van der Waals surface area contributed by atoms with E-state index in [4.69, 9.17) is 32.8 Å². The van der Waals surface area contributed by atoms with E-state index in [0.717, 1.165) is 98.8 Å². The van der Waals surface area contributed by atoms with Gasteiger partial charge in [0.05, 0.1) is 19.0 Å². The first-order chi connectivity index (χ1) is 31.6. The van der Waals surface area contributed by atoms with Gasteiger partial charge in [-0.25, -0.2) is 9.97 Å². The maximum Gasteiger partial charge on any atom is 0.291 e. The summed E-state index contributed by atoms with van der Waals surface area (Å²) >= 11 is 0. The second kappa shape index (κ2) is 20.8. The largest absolute Gasteiger partial charge is 0.383 e. The number of methoxy groups -OCH3 is 1. The number of nitrogens with one attached hydrogen (secondary N) is 5. The number of ether oxygens (including phenoxy) is 3. The first-order valence-corrected chi connectivity index (χ1v) is 23.2. The minimum atomic E-state index is -0.410. The highest BCUT2D eigenvalue weighted by Crippen LogP contribution is 2.44. The quantitative estimate of drug-likeness (QED) is 0.0599. The zero-order valence-electron chi connectivity index (χ0n) is 39.3. The Hall–Kier alpha value is -5.80. The van der Waals surface area contributed by atoms with E-state index in [0.29, 0.717) is 49.8 Å². The first-order valence-electron chi connectivity index (χ1n) is 23.2. The van der Waals surface area contributed by atoms with E-state index in [1.54, 1.807) is 7.11 Å². The molecule has 0 saturated carbocycles. The molecule has 2 amide bonds. The molecule has 7 N–H and O–H groups in total. The van der Waals surface area contributed by atoms with Crippen LogP contribution in [-0.4, -0.2) is 78.4 Å². The molecular weight excluding hydrogens is 829 g/mol. The van der Waals surface area contributed by atoms with E-state index in [9.17, 15) is 9.59 Å². The highest BCUT2D eigenvalue weighted by atomic mass is 16.5. The van der Waals surface area contributed by atoms with E-state index < -0.39 is 5.54 Å². The number of benzene rings is 2. The SMILES string of the molecule is C#Cc1cnc(C(=O)Nc2ccc(C3(N)CCOCC3)cc2C2=CCC(C)(C)CC2)[nH]1.C#Cc1cnc(C(=O)Nc2ccc(C3(NCCOC)CCOCC3)cc2C2=CCC(C)(C)CC2)[nH]1. The summed E-state index contributed by atoms with van der Waals surface area (Å²) in [5.41, 5.74) is 16.1. The van der Waals surface area contributed by atoms with Crippen molar-refractivity contribution in [1.82, 2.24) is 25.3 Å². The van der Waals surface area contributed by atoms with Gasteiger partial charge < -0.3 is 45.9 Å². The summed E-state index contributed by atoms with van der Waals surface area (Å²) < 4.78 is 16.5. The van der Waals surface area contributed by atoms with Crippen LogP contribution in [0.4, 0.5) is 11.4 Å². The van der Waals surface area contributed by atoms with Crippen LogP contribution < -0.4 is 21.7 Å². The molecule has 2 aliphatic heterocycles. The van der Waals surface area contributed by atoms with Crippen LogP contribution in [0.25, 0.3) is 11.1 Å². The van der Waals surface area contributed by atoms with E-state index in [2.05, 4.69) is 106 Å². The fourth-order valence-corrected chi connectivity index (χ4v) is 9.17. The van der Waals surface area contributed by atoms with Crippen LogP contribution in [0.2, 0.25) is 0 Å². The lowest BCUT2D eigenvalue weighted by atomic mass is 9.75. The normalized spacial score (nSPS) is 19.4. The van der Waals surface area contributed by atoms with E-state index in [1.807, 2.05) is 18.2 Å². The van der Waals surface area contributed by atoms with Gasteiger partial charge in [-0.1, -0.05) is 63.8 Å². The number of H-pyrrole nitrogens is 2. The van der Waals surface area contributed by atoms with E-state index in [-0.39, 0.29) is 34.4 Å². The maximum absolute atomic E-state index is 13.0. The van der Waals surface area contributed by atoms with Crippen LogP contribution in [0.15, 0.2) is 60.9 Å². The van der Waals surface area contributed by atoms with Gasteiger partial charge in [0.2, 0.25) is 0 Å². The van der Waals surface area contributed by atoms with Crippen molar-refractivity contribution in [2.24, 2.45) is 16.6 Å². The highest BCUT2D eigenvalue weighted by molar-refractivity contribution is 6.04. The minimum absolute atomic E-state index is 0.189. The Labute approximate surface area is 389 Å². The summed E-state index contributed by atoms with van der Waals surface area (Å²) in [5, 5.41) is 9.83. The number of rotatable bonds is 12. The summed E-state index contributed by atoms with van der Waals surface area (Å²) in [6.07, 6.45) is 27.9. The van der Waals surface area contributed by atoms with Crippen LogP contribution in [0.5, 0.6) is 0 Å². The molecule has 2 aliphatic carbocycles. The summed E-state index contributed by atoms with van der Waals surface area (Å²) in [7, 11) is 1.72. The lowest BCUT2D eigenvalue weighted by Gasteiger charge is -2.39. The lowest BCUT2D eigenvalue weighted by molar-refractivity contribution is 0.0336. The van der Waals surface area contributed by atoms with Gasteiger partial charge in [-0.05, 0) is 122 Å². The molecule has 2 aromatic carbocycles. The molecular formula is C53H66N8O5. The van der Waals surface area contributed by atoms with Gasteiger partial charge in [0.1, 0.15) is 11.4 Å². The highest BCUT2D eigenvalue weighted by Gasteiger charge is 2.36. The number of aromatic amines is 2. The molecule has 0 bridgehead atoms. The summed E-state index contributed by atoms with van der Waals surface area (Å²) in [6.45, 7) is 13.3. The third-order valence-electron chi connectivity index (χ3n) is 13.7. The van der Waals surface area contributed by atoms with Crippen molar-refractivity contribution in [3.63, 3.8) is 0 Å². The Morgan fingerprint density at radius 1 is 0.727 bits per heavy atom. The molecule has 2 aromatic heterocycles. The molecule has 2 saturated heterocycles. The van der Waals surface area contributed by atoms with Gasteiger partial charge in [-0.15, -0.1) is 12.8 Å². The second-order valence-corrected chi connectivity index (χ2v) is 19.6. The number of allylic oxidation sites excluding steroid dienone is 4. The monoisotopic (exact) mass is 895 g/mol. The minimum Gasteiger partial charge on any atom is -0.383 e. The maximum atomic E-state index is 13.0. The molecule has 348 valence electrons. The van der Waals surface area contributed by atoms with Crippen molar-refractivity contribution in [2.45, 2.75) is 103 Å². The molecule has 2 fully saturated rings. The standard InChI is InChI=1S/C28H36N4O3.C25H30N4O2/c1-5-22-19-29-25(31-22)26(33)32-24-7-6-21(18-23(24)20-8-10-27(2,3)11-9-20)28(30-14-17-34-4)12-15-35-16-13-28;1-4-19-16-27-22(28-19)23(30)29-21-6-5-18(25(26)11-13-31-14-12-25)15-20(21)17-7-9-24(2,3)10-8-17/h1,6-8,18-19,30H,9-17H2,2-4H3,(H,29,31)(H,32,33);1,5-7,15-16H,8-14,26H2,2-3H3,(H,27,28)(H,29,30). The van der Waals surface area contributed by atoms with Gasteiger partial charge in [-0.2, -0.15) is 0 Å². The second-order valence-electron chi connectivity index (χ2n) is 19.6. The van der Waals surface area contributed by atoms with Crippen molar-refractivity contribution in [3.05, 3.63) is 106 Å². The number of anilines is 2. The van der Waals surface area contributed by atoms with Crippen LogP contribution >= 0.6 is 0 Å². The fraction of sp³-hybridized carbons (Fsp3) is 0.472. The van der Waals surface area contributed by atoms with Crippen LogP contribution in [0, 0.1) is 35.5 Å². The van der Waals surface area contributed by atoms with Crippen LogP contribution in [0.1, 0.15) is 147 Å². The summed E-state index contributed by atoms with van der Waals surface area (Å²) in [5.74, 6) is 4.70. The van der Waals surface area contributed by atoms with Crippen molar-refractivity contribution in [2.75, 3.05) is 57.3 Å². The van der Waals surface area contributed by atoms with Gasteiger partial charge >= 0.3 is 0 Å². The number of amides is 2. The Balaban J connectivity index is 0.000000198. The Kier molecular flexibility index (Phi) is 15.2. The number of imidazole rings is 2. The first kappa shape index (κ1) is 48.1. The zero-order valence-corrected chi connectivity index (χ0v) is 39.3. The number of nitrogens with two attached hydrogens (primary N) is 1. The predicted octanol–water partition coefficient (Wildman–Crippen LogP) is 8.68. The number of terminal acetylenes is 2. The molecule has 0 unspecified atom stereocenters. The smallest absolute Gasteiger partial charge is 0.291 e. The average Bonchev–Trinajstić information content (AvgIpc) is 4.02. The molecule has 13 nitrogen and oxygen atoms in total. The Morgan fingerprint density at radius 3 is 1.64 bits per heavy atom. The fourth-order valence-electron chi connectivity index (χ4n) is 9.17. The number of nitrogens with zero attached hydrogens (tertiary/aromatic N) is 2. The average molecular weight is 895 g/mol. The van der Waals surface area contributed by atoms with Crippen molar-refractivity contribution < 1.29 is 23.8 Å². The van der Waals surface area contributed by atoms with Gasteiger partial charge in [-0.3, -0.25) is 9.59 Å². The number of carbonyl (C=O) groups is 2. The van der Waals surface area contributed by atoms with Crippen LogP contribution in [-0.2, 0) is 25.3 Å². The molecule has 0 radical (unpaired) electrons. The number of carbonyl (C=O) groups excluding carboxylic acids is 2. The Morgan fingerprint density at radius 2 is 1.20 bits per heavy atom. The molecule has 4 aliphatic rings. The van der Waals surface area contributed by atoms with Crippen molar-refractivity contribution >= 4 is 34.3 Å². The zero-order chi connectivity index (χ0) is 47.0. The third kappa shape index (κ3) is 11.6. The van der Waals surface area contributed by atoms with Crippen molar-refractivity contribution in [1.29, 1.82) is 0 Å². The van der Waals surface area contributed by atoms with E-state index in [1.165, 1.54) is 29.1 Å². The third-order valence-corrected chi connectivity index (χ3v) is 13.7. The molecule has 13 heteroatoms. The molecule has 4 aromatic rings. The molecule has 0 atom stereocenters. The number of hydrogen-bond donors (Lipinski definition) is 6. The molecule has 0 spiro atoms. The summed E-state index contributed by atoms with van der Waals surface area (Å²) in [4.78, 5) is 39.7. The summed E-state index contributed by atoms with van der Waals surface area (Å²) in [6, 6.07) is 12.5. The number of aromatic nitrogens is 4. The molecule has 8 rings (SSSR count). The van der Waals surface area contributed by atoms with Crippen LogP contribution in [0.3, 0.4) is 0 Å². The van der Waals surface area contributed by atoms with Gasteiger partial charge in [0.15, 0.2) is 11.6 Å². The molecule has 66 heavy (non-hydrogen) atoms. The Bertz CT molecular complexity index is 2520. The number of hydrogen-bond acceptors (Lipinski definition) is 9. The predicted molar refractivity (Wildman–Crippen MR) is 261 cm³/mol. The molecule has 4 heterocycles. The lowest BCUT2D eigenvalue weighted by Crippen LogP contribution is -2.48.